The van der Waals surface area contributed by atoms with Crippen LogP contribution in [0.1, 0.15) is 31.2 Å². The second-order valence-corrected chi connectivity index (χ2v) is 8.24. The number of benzene rings is 1. The van der Waals surface area contributed by atoms with Crippen LogP contribution in [0.2, 0.25) is 0 Å². The van der Waals surface area contributed by atoms with E-state index in [9.17, 15) is 14.0 Å². The highest BCUT2D eigenvalue weighted by Gasteiger charge is 2.58. The molecule has 3 aliphatic rings. The molecule has 1 N–H and O–H groups in total. The third-order valence-electron chi connectivity index (χ3n) is 6.49. The Hall–Kier alpha value is -1.66. The molecule has 5 nitrogen and oxygen atoms in total. The normalized spacial score (nSPS) is 23.7. The lowest BCUT2D eigenvalue weighted by Crippen LogP contribution is -2.40. The van der Waals surface area contributed by atoms with Gasteiger partial charge in [0.15, 0.2) is 0 Å². The Morgan fingerprint density at radius 1 is 1.11 bits per heavy atom. The molecule has 1 aromatic carbocycles. The molecule has 154 valence electrons. The van der Waals surface area contributed by atoms with Crippen molar-refractivity contribution in [1.82, 2.24) is 15.1 Å². The van der Waals surface area contributed by atoms with Gasteiger partial charge in [-0.15, -0.1) is 12.4 Å². The lowest BCUT2D eigenvalue weighted by Gasteiger charge is -2.26. The molecule has 0 aromatic heterocycles. The standard InChI is InChI=1S/C21H28FN3O2.ClH/c22-17-4-1-3-16(13-17)14-19(26)24-9-2-10-25(12-11-24)20(27)18-15-21(18)5-7-23-8-6-21;/h1,3-4,13,18,23H,2,5-12,14-15H2;1H. The summed E-state index contributed by atoms with van der Waals surface area (Å²) in [5.41, 5.74) is 0.949. The number of nitrogens with zero attached hydrogens (tertiary/aromatic N) is 2. The van der Waals surface area contributed by atoms with E-state index in [1.54, 1.807) is 12.1 Å². The van der Waals surface area contributed by atoms with Gasteiger partial charge in [-0.3, -0.25) is 9.59 Å². The minimum atomic E-state index is -0.316. The van der Waals surface area contributed by atoms with E-state index in [0.717, 1.165) is 45.3 Å². The van der Waals surface area contributed by atoms with Gasteiger partial charge in [0.1, 0.15) is 5.82 Å². The van der Waals surface area contributed by atoms with Crippen LogP contribution >= 0.6 is 12.4 Å². The summed E-state index contributed by atoms with van der Waals surface area (Å²) in [7, 11) is 0. The number of rotatable bonds is 3. The lowest BCUT2D eigenvalue weighted by molar-refractivity contribution is -0.134. The van der Waals surface area contributed by atoms with Gasteiger partial charge in [-0.2, -0.15) is 0 Å². The minimum Gasteiger partial charge on any atom is -0.341 e. The molecule has 1 aliphatic carbocycles. The highest BCUT2D eigenvalue weighted by Crippen LogP contribution is 2.59. The molecular formula is C21H29ClFN3O2. The summed E-state index contributed by atoms with van der Waals surface area (Å²) in [6.45, 7) is 4.61. The molecule has 2 saturated heterocycles. The average molecular weight is 410 g/mol. The molecule has 1 spiro atoms. The Morgan fingerprint density at radius 2 is 1.82 bits per heavy atom. The van der Waals surface area contributed by atoms with Crippen LogP contribution in [0.5, 0.6) is 0 Å². The molecule has 3 fully saturated rings. The topological polar surface area (TPSA) is 52.7 Å². The molecule has 7 heteroatoms. The zero-order valence-corrected chi connectivity index (χ0v) is 17.0. The SMILES string of the molecule is Cl.O=C(Cc1cccc(F)c1)N1CCCN(C(=O)C2CC23CCNCC3)CC1. The minimum absolute atomic E-state index is 0. The molecule has 2 amide bonds. The predicted octanol–water partition coefficient (Wildman–Crippen LogP) is 2.24. The first-order chi connectivity index (χ1) is 13.1. The summed E-state index contributed by atoms with van der Waals surface area (Å²) in [5.74, 6) is 0.172. The van der Waals surface area contributed by atoms with Crippen LogP contribution in [0.25, 0.3) is 0 Å². The molecule has 1 unspecified atom stereocenters. The molecule has 2 heterocycles. The Labute approximate surface area is 172 Å². The van der Waals surface area contributed by atoms with Crippen molar-refractivity contribution in [2.45, 2.75) is 32.1 Å². The summed E-state index contributed by atoms with van der Waals surface area (Å²) in [5, 5.41) is 3.38. The van der Waals surface area contributed by atoms with E-state index in [1.165, 1.54) is 12.1 Å². The van der Waals surface area contributed by atoms with Crippen LogP contribution < -0.4 is 5.32 Å². The second kappa shape index (κ2) is 8.78. The number of hydrogen-bond donors (Lipinski definition) is 1. The fraction of sp³-hybridized carbons (Fsp3) is 0.619. The molecule has 28 heavy (non-hydrogen) atoms. The smallest absolute Gasteiger partial charge is 0.227 e. The van der Waals surface area contributed by atoms with E-state index >= 15 is 0 Å². The molecule has 0 bridgehead atoms. The van der Waals surface area contributed by atoms with Gasteiger partial charge >= 0.3 is 0 Å². The largest absolute Gasteiger partial charge is 0.341 e. The maximum Gasteiger partial charge on any atom is 0.227 e. The summed E-state index contributed by atoms with van der Waals surface area (Å²) in [6, 6.07) is 6.21. The van der Waals surface area contributed by atoms with Gasteiger partial charge in [0.05, 0.1) is 6.42 Å². The van der Waals surface area contributed by atoms with Crippen LogP contribution in [0.15, 0.2) is 24.3 Å². The number of nitrogens with one attached hydrogen (secondary N) is 1. The number of hydrogen-bond acceptors (Lipinski definition) is 3. The Morgan fingerprint density at radius 3 is 2.57 bits per heavy atom. The van der Waals surface area contributed by atoms with E-state index < -0.39 is 0 Å². The summed E-state index contributed by atoms with van der Waals surface area (Å²) >= 11 is 0. The molecule has 1 aromatic rings. The molecule has 4 rings (SSSR count). The maximum absolute atomic E-state index is 13.3. The molecule has 1 atom stereocenters. The molecular weight excluding hydrogens is 381 g/mol. The van der Waals surface area contributed by atoms with Gasteiger partial charge in [0.25, 0.3) is 0 Å². The summed E-state index contributed by atoms with van der Waals surface area (Å²) < 4.78 is 13.3. The van der Waals surface area contributed by atoms with Crippen molar-refractivity contribution in [2.24, 2.45) is 11.3 Å². The van der Waals surface area contributed by atoms with Crippen LogP contribution in [0, 0.1) is 17.2 Å². The average Bonchev–Trinajstić information content (AvgIpc) is 3.40. The monoisotopic (exact) mass is 409 g/mol. The predicted molar refractivity (Wildman–Crippen MR) is 108 cm³/mol. The zero-order chi connectivity index (χ0) is 18.9. The van der Waals surface area contributed by atoms with Crippen molar-refractivity contribution in [3.8, 4) is 0 Å². The second-order valence-electron chi connectivity index (χ2n) is 8.24. The van der Waals surface area contributed by atoms with Crippen molar-refractivity contribution < 1.29 is 14.0 Å². The number of carbonyl (C=O) groups is 2. The van der Waals surface area contributed by atoms with E-state index in [0.29, 0.717) is 25.2 Å². The summed E-state index contributed by atoms with van der Waals surface area (Å²) in [4.78, 5) is 29.3. The fourth-order valence-electron chi connectivity index (χ4n) is 4.72. The number of piperidine rings is 1. The van der Waals surface area contributed by atoms with Crippen LogP contribution in [-0.4, -0.2) is 60.9 Å². The van der Waals surface area contributed by atoms with Gasteiger partial charge in [0.2, 0.25) is 11.8 Å². The third-order valence-corrected chi connectivity index (χ3v) is 6.49. The van der Waals surface area contributed by atoms with Crippen molar-refractivity contribution >= 4 is 24.2 Å². The first kappa shape index (κ1) is 21.1. The zero-order valence-electron chi connectivity index (χ0n) is 16.2. The van der Waals surface area contributed by atoms with Gasteiger partial charge in [-0.25, -0.2) is 4.39 Å². The Bertz CT molecular complexity index is 723. The molecule has 0 radical (unpaired) electrons. The number of halogens is 2. The van der Waals surface area contributed by atoms with Crippen LogP contribution in [0.4, 0.5) is 4.39 Å². The van der Waals surface area contributed by atoms with E-state index in [4.69, 9.17) is 0 Å². The summed E-state index contributed by atoms with van der Waals surface area (Å²) in [6.07, 6.45) is 4.27. The van der Waals surface area contributed by atoms with Crippen molar-refractivity contribution in [3.63, 3.8) is 0 Å². The third kappa shape index (κ3) is 4.49. The lowest BCUT2D eigenvalue weighted by atomic mass is 9.91. The number of amides is 2. The van der Waals surface area contributed by atoms with Crippen molar-refractivity contribution in [1.29, 1.82) is 0 Å². The first-order valence-corrected chi connectivity index (χ1v) is 10.1. The number of carbonyl (C=O) groups excluding carboxylic acids is 2. The maximum atomic E-state index is 13.3. The van der Waals surface area contributed by atoms with Gasteiger partial charge in [-0.1, -0.05) is 12.1 Å². The van der Waals surface area contributed by atoms with Gasteiger partial charge in [-0.05, 0) is 61.9 Å². The highest BCUT2D eigenvalue weighted by molar-refractivity contribution is 5.85. The molecule has 1 saturated carbocycles. The first-order valence-electron chi connectivity index (χ1n) is 10.1. The van der Waals surface area contributed by atoms with Crippen molar-refractivity contribution in [3.05, 3.63) is 35.6 Å². The quantitative estimate of drug-likeness (QED) is 0.833. The van der Waals surface area contributed by atoms with Gasteiger partial charge < -0.3 is 15.1 Å². The molecule has 2 aliphatic heterocycles. The van der Waals surface area contributed by atoms with E-state index in [1.807, 2.05) is 9.80 Å². The van der Waals surface area contributed by atoms with E-state index in [2.05, 4.69) is 5.32 Å². The fourth-order valence-corrected chi connectivity index (χ4v) is 4.72. The van der Waals surface area contributed by atoms with Crippen molar-refractivity contribution in [2.75, 3.05) is 39.3 Å². The van der Waals surface area contributed by atoms with Crippen LogP contribution in [0.3, 0.4) is 0 Å². The highest BCUT2D eigenvalue weighted by atomic mass is 35.5. The van der Waals surface area contributed by atoms with Gasteiger partial charge in [0, 0.05) is 32.1 Å². The van der Waals surface area contributed by atoms with Crippen LogP contribution in [-0.2, 0) is 16.0 Å². The Balaban J connectivity index is 0.00000225. The Kier molecular flexibility index (Phi) is 6.61. The van der Waals surface area contributed by atoms with E-state index in [-0.39, 0.29) is 47.8 Å².